The quantitative estimate of drug-likeness (QED) is 0.802. The van der Waals surface area contributed by atoms with Gasteiger partial charge < -0.3 is 9.47 Å². The molecule has 4 rings (SSSR count). The third-order valence-corrected chi connectivity index (χ3v) is 5.64. The minimum Gasteiger partial charge on any atom is -0.497 e. The maximum absolute atomic E-state index is 6.13. The van der Waals surface area contributed by atoms with E-state index in [1.165, 1.54) is 25.0 Å². The number of rotatable bonds is 6. The Morgan fingerprint density at radius 1 is 1.12 bits per heavy atom. The summed E-state index contributed by atoms with van der Waals surface area (Å²) in [6, 6.07) is 15.3. The van der Waals surface area contributed by atoms with Crippen LogP contribution in [0.25, 0.3) is 0 Å². The highest BCUT2D eigenvalue weighted by molar-refractivity contribution is 5.32. The molecule has 1 aromatic carbocycles. The first-order chi connectivity index (χ1) is 12.2. The zero-order chi connectivity index (χ0) is 17.2. The molecule has 0 unspecified atom stereocenters. The molecule has 0 amide bonds. The van der Waals surface area contributed by atoms with Gasteiger partial charge in [-0.2, -0.15) is 0 Å². The van der Waals surface area contributed by atoms with Crippen molar-refractivity contribution >= 4 is 0 Å². The molecular formula is C21H26N2O2. The van der Waals surface area contributed by atoms with Crippen LogP contribution in [0.15, 0.2) is 42.5 Å². The summed E-state index contributed by atoms with van der Waals surface area (Å²) in [7, 11) is 1.69. The average molecular weight is 338 g/mol. The Morgan fingerprint density at radius 2 is 1.96 bits per heavy atom. The molecule has 3 atom stereocenters. The molecular weight excluding hydrogens is 312 g/mol. The molecule has 0 radical (unpaired) electrons. The molecule has 4 nitrogen and oxygen atoms in total. The number of nitrogens with zero attached hydrogens (tertiary/aromatic N) is 2. The molecule has 2 heterocycles. The fourth-order valence-corrected chi connectivity index (χ4v) is 4.41. The van der Waals surface area contributed by atoms with Gasteiger partial charge in [-0.05, 0) is 56.4 Å². The molecule has 25 heavy (non-hydrogen) atoms. The summed E-state index contributed by atoms with van der Waals surface area (Å²) < 4.78 is 11.4. The van der Waals surface area contributed by atoms with E-state index in [-0.39, 0.29) is 0 Å². The van der Waals surface area contributed by atoms with Crippen molar-refractivity contribution < 1.29 is 9.47 Å². The van der Waals surface area contributed by atoms with E-state index in [2.05, 4.69) is 30.0 Å². The van der Waals surface area contributed by atoms with Crippen molar-refractivity contribution in [3.63, 3.8) is 0 Å². The number of benzene rings is 1. The number of fused-ring (bicyclic) bond motifs is 2. The number of pyridine rings is 1. The average Bonchev–Trinajstić information content (AvgIpc) is 3.22. The second-order valence-corrected chi connectivity index (χ2v) is 7.23. The number of hydrogen-bond acceptors (Lipinski definition) is 4. The molecule has 1 saturated heterocycles. The Bertz CT molecular complexity index is 733. The summed E-state index contributed by atoms with van der Waals surface area (Å²) in [6.45, 7) is 3.72. The highest BCUT2D eigenvalue weighted by Gasteiger charge is 2.46. The van der Waals surface area contributed by atoms with Gasteiger partial charge in [0.2, 0.25) is 0 Å². The second kappa shape index (κ2) is 7.04. The second-order valence-electron chi connectivity index (χ2n) is 7.23. The Balaban J connectivity index is 1.45. The van der Waals surface area contributed by atoms with Crippen molar-refractivity contribution in [1.29, 1.82) is 0 Å². The lowest BCUT2D eigenvalue weighted by Crippen LogP contribution is -2.43. The van der Waals surface area contributed by atoms with Gasteiger partial charge in [0.15, 0.2) is 0 Å². The number of hydrogen-bond donors (Lipinski definition) is 0. The predicted octanol–water partition coefficient (Wildman–Crippen LogP) is 3.83. The van der Waals surface area contributed by atoms with Crippen LogP contribution in [-0.4, -0.2) is 35.7 Å². The van der Waals surface area contributed by atoms with Crippen molar-refractivity contribution in [2.45, 2.75) is 44.8 Å². The van der Waals surface area contributed by atoms with E-state index in [1.54, 1.807) is 7.11 Å². The maximum Gasteiger partial charge on any atom is 0.123 e. The first-order valence-corrected chi connectivity index (χ1v) is 9.18. The van der Waals surface area contributed by atoms with Crippen LogP contribution in [0.2, 0.25) is 0 Å². The SMILES string of the molecule is COc1cccc(OC[C@H]2[C@@H]3CC[C@H](C3)N2Cc2cccc(C)n2)c1. The first kappa shape index (κ1) is 16.4. The molecule has 2 fully saturated rings. The van der Waals surface area contributed by atoms with Crippen molar-refractivity contribution in [2.24, 2.45) is 5.92 Å². The Kier molecular flexibility index (Phi) is 4.62. The third-order valence-electron chi connectivity index (χ3n) is 5.64. The fraction of sp³-hybridized carbons (Fsp3) is 0.476. The molecule has 1 aliphatic heterocycles. The van der Waals surface area contributed by atoms with E-state index in [0.717, 1.165) is 36.3 Å². The highest BCUT2D eigenvalue weighted by Crippen LogP contribution is 2.43. The van der Waals surface area contributed by atoms with Gasteiger partial charge in [0, 0.05) is 30.4 Å². The maximum atomic E-state index is 6.13. The molecule has 1 aromatic heterocycles. The number of methoxy groups -OCH3 is 1. The van der Waals surface area contributed by atoms with Gasteiger partial charge in [-0.1, -0.05) is 12.1 Å². The van der Waals surface area contributed by atoms with Gasteiger partial charge in [0.05, 0.1) is 12.8 Å². The molecule has 132 valence electrons. The van der Waals surface area contributed by atoms with Gasteiger partial charge in [-0.3, -0.25) is 9.88 Å². The summed E-state index contributed by atoms with van der Waals surface area (Å²) in [4.78, 5) is 7.32. The molecule has 2 aliphatic rings. The van der Waals surface area contributed by atoms with Crippen LogP contribution in [0.1, 0.15) is 30.7 Å². The summed E-state index contributed by atoms with van der Waals surface area (Å²) in [5, 5.41) is 0. The van der Waals surface area contributed by atoms with E-state index in [0.29, 0.717) is 12.1 Å². The van der Waals surface area contributed by atoms with E-state index < -0.39 is 0 Å². The minimum absolute atomic E-state index is 0.479. The molecule has 4 heteroatoms. The van der Waals surface area contributed by atoms with Crippen LogP contribution in [-0.2, 0) is 6.54 Å². The highest BCUT2D eigenvalue weighted by atomic mass is 16.5. The minimum atomic E-state index is 0.479. The molecule has 0 N–H and O–H groups in total. The van der Waals surface area contributed by atoms with Crippen molar-refractivity contribution in [1.82, 2.24) is 9.88 Å². The summed E-state index contributed by atoms with van der Waals surface area (Å²) >= 11 is 0. The van der Waals surface area contributed by atoms with E-state index >= 15 is 0 Å². The smallest absolute Gasteiger partial charge is 0.123 e. The van der Waals surface area contributed by atoms with Crippen LogP contribution in [0.3, 0.4) is 0 Å². The van der Waals surface area contributed by atoms with Crippen LogP contribution in [0.4, 0.5) is 0 Å². The lowest BCUT2D eigenvalue weighted by molar-refractivity contribution is 0.0855. The van der Waals surface area contributed by atoms with Crippen LogP contribution in [0.5, 0.6) is 11.5 Å². The molecule has 2 bridgehead atoms. The van der Waals surface area contributed by atoms with E-state index in [4.69, 9.17) is 14.5 Å². The Labute approximate surface area is 149 Å². The van der Waals surface area contributed by atoms with E-state index in [9.17, 15) is 0 Å². The van der Waals surface area contributed by atoms with Gasteiger partial charge in [-0.25, -0.2) is 0 Å². The fourth-order valence-electron chi connectivity index (χ4n) is 4.41. The molecule has 1 saturated carbocycles. The first-order valence-electron chi connectivity index (χ1n) is 9.18. The molecule has 1 aliphatic carbocycles. The lowest BCUT2D eigenvalue weighted by Gasteiger charge is -2.35. The number of aromatic nitrogens is 1. The van der Waals surface area contributed by atoms with Gasteiger partial charge >= 0.3 is 0 Å². The summed E-state index contributed by atoms with van der Waals surface area (Å²) in [5.41, 5.74) is 2.25. The van der Waals surface area contributed by atoms with Crippen LogP contribution in [0, 0.1) is 12.8 Å². The van der Waals surface area contributed by atoms with Crippen LogP contribution >= 0.6 is 0 Å². The number of ether oxygens (including phenoxy) is 2. The zero-order valence-corrected chi connectivity index (χ0v) is 15.0. The zero-order valence-electron chi connectivity index (χ0n) is 15.0. The molecule has 2 aromatic rings. The summed E-state index contributed by atoms with van der Waals surface area (Å²) in [5.74, 6) is 2.47. The van der Waals surface area contributed by atoms with E-state index in [1.807, 2.05) is 24.3 Å². The molecule has 0 spiro atoms. The van der Waals surface area contributed by atoms with Gasteiger partial charge in [0.25, 0.3) is 0 Å². The standard InChI is InChI=1S/C21H26N2O2/c1-15-5-3-6-17(22-15)13-23-18-10-9-16(11-18)21(23)14-25-20-8-4-7-19(12-20)24-2/h3-8,12,16,18,21H,9-11,13-14H2,1-2H3/t16-,18-,21+/m1/s1. The van der Waals surface area contributed by atoms with Gasteiger partial charge in [0.1, 0.15) is 18.1 Å². The number of piperidine rings is 1. The lowest BCUT2D eigenvalue weighted by atomic mass is 9.99. The largest absolute Gasteiger partial charge is 0.497 e. The van der Waals surface area contributed by atoms with Crippen molar-refractivity contribution in [2.75, 3.05) is 13.7 Å². The van der Waals surface area contributed by atoms with Crippen molar-refractivity contribution in [3.05, 3.63) is 53.9 Å². The normalized spacial score (nSPS) is 25.3. The predicted molar refractivity (Wildman–Crippen MR) is 97.9 cm³/mol. The number of aryl methyl sites for hydroxylation is 1. The third kappa shape index (κ3) is 3.49. The Morgan fingerprint density at radius 3 is 2.80 bits per heavy atom. The Hall–Kier alpha value is -2.07. The topological polar surface area (TPSA) is 34.6 Å². The van der Waals surface area contributed by atoms with Crippen molar-refractivity contribution in [3.8, 4) is 11.5 Å². The van der Waals surface area contributed by atoms with Crippen LogP contribution < -0.4 is 9.47 Å². The number of likely N-dealkylation sites (tertiary alicyclic amines) is 1. The summed E-state index contributed by atoms with van der Waals surface area (Å²) in [6.07, 6.45) is 3.94. The van der Waals surface area contributed by atoms with Gasteiger partial charge in [-0.15, -0.1) is 0 Å². The monoisotopic (exact) mass is 338 g/mol.